The highest BCUT2D eigenvalue weighted by molar-refractivity contribution is 6.30. The molecule has 0 aromatic heterocycles. The second kappa shape index (κ2) is 8.67. The Morgan fingerprint density at radius 2 is 2.07 bits per heavy atom. The highest BCUT2D eigenvalue weighted by atomic mass is 35.5. The van der Waals surface area contributed by atoms with Crippen molar-refractivity contribution in [3.05, 3.63) is 64.2 Å². The smallest absolute Gasteiger partial charge is 0.224 e. The first-order valence-electron chi connectivity index (χ1n) is 8.75. The number of ether oxygens (including phenoxy) is 1. The largest absolute Gasteiger partial charge is 0.496 e. The Hall–Kier alpha value is -2.18. The maximum Gasteiger partial charge on any atom is 0.224 e. The van der Waals surface area contributed by atoms with Crippen LogP contribution in [0.15, 0.2) is 36.4 Å². The fraction of sp³-hybridized carbons (Fsp3) is 0.350. The van der Waals surface area contributed by atoms with Gasteiger partial charge in [0.25, 0.3) is 0 Å². The predicted molar refractivity (Wildman–Crippen MR) is 100 cm³/mol. The van der Waals surface area contributed by atoms with E-state index in [4.69, 9.17) is 16.3 Å². The van der Waals surface area contributed by atoms with E-state index in [0.717, 1.165) is 19.0 Å². The van der Waals surface area contributed by atoms with Gasteiger partial charge in [0.2, 0.25) is 5.91 Å². The van der Waals surface area contributed by atoms with Crippen LogP contribution in [0, 0.1) is 11.6 Å². The van der Waals surface area contributed by atoms with E-state index >= 15 is 0 Å². The second-order valence-corrected chi connectivity index (χ2v) is 7.02. The number of carbonyl (C=O) groups is 1. The molecule has 2 atom stereocenters. The summed E-state index contributed by atoms with van der Waals surface area (Å²) in [6, 6.07) is 8.82. The molecule has 0 bridgehead atoms. The summed E-state index contributed by atoms with van der Waals surface area (Å²) < 4.78 is 32.1. The van der Waals surface area contributed by atoms with E-state index in [2.05, 4.69) is 10.6 Å². The van der Waals surface area contributed by atoms with E-state index in [-0.39, 0.29) is 24.3 Å². The molecular formula is C20H21ClF2N2O2. The van der Waals surface area contributed by atoms with Gasteiger partial charge in [-0.05, 0) is 48.9 Å². The number of halogens is 3. The van der Waals surface area contributed by atoms with Crippen LogP contribution in [-0.4, -0.2) is 32.1 Å². The van der Waals surface area contributed by atoms with E-state index in [9.17, 15) is 13.6 Å². The van der Waals surface area contributed by atoms with Gasteiger partial charge in [0, 0.05) is 29.1 Å². The molecule has 0 saturated carbocycles. The molecule has 1 heterocycles. The average Bonchev–Trinajstić information content (AvgIpc) is 2.65. The first-order valence-corrected chi connectivity index (χ1v) is 9.13. The molecule has 2 aromatic rings. The van der Waals surface area contributed by atoms with E-state index in [1.54, 1.807) is 24.3 Å². The lowest BCUT2D eigenvalue weighted by molar-refractivity contribution is -0.121. The molecule has 0 radical (unpaired) electrons. The van der Waals surface area contributed by atoms with Gasteiger partial charge in [0.15, 0.2) is 11.6 Å². The molecule has 4 nitrogen and oxygen atoms in total. The number of methoxy groups -OCH3 is 1. The van der Waals surface area contributed by atoms with E-state index in [0.29, 0.717) is 28.4 Å². The van der Waals surface area contributed by atoms with Crippen LogP contribution in [0.3, 0.4) is 0 Å². The minimum absolute atomic E-state index is 0.0912. The molecule has 7 heteroatoms. The molecule has 144 valence electrons. The van der Waals surface area contributed by atoms with Gasteiger partial charge < -0.3 is 15.4 Å². The molecule has 1 aliphatic heterocycles. The Morgan fingerprint density at radius 3 is 2.81 bits per heavy atom. The average molecular weight is 395 g/mol. The summed E-state index contributed by atoms with van der Waals surface area (Å²) in [7, 11) is 1.54. The molecule has 1 amide bonds. The third-order valence-corrected chi connectivity index (χ3v) is 5.03. The van der Waals surface area contributed by atoms with E-state index in [1.165, 1.54) is 13.2 Å². The number of hydrogen-bond donors (Lipinski definition) is 2. The van der Waals surface area contributed by atoms with Crippen LogP contribution in [-0.2, 0) is 11.2 Å². The molecule has 3 rings (SSSR count). The van der Waals surface area contributed by atoms with Crippen LogP contribution in [0.2, 0.25) is 5.02 Å². The Morgan fingerprint density at radius 1 is 1.26 bits per heavy atom. The third kappa shape index (κ3) is 4.76. The molecule has 2 aromatic carbocycles. The van der Waals surface area contributed by atoms with Crippen molar-refractivity contribution >= 4 is 17.5 Å². The standard InChI is InChI=1S/C20H21ClF2N2O2/c1-27-19-5-3-14(21)8-13(19)10-20(26)25-18-11-24-7-6-15(18)12-2-4-16(22)17(23)9-12/h2-5,8-9,15,18,24H,6-7,10-11H2,1H3,(H,25,26). The van der Waals surface area contributed by atoms with Crippen molar-refractivity contribution in [2.45, 2.75) is 24.8 Å². The van der Waals surface area contributed by atoms with E-state index in [1.807, 2.05) is 0 Å². The number of rotatable bonds is 5. The maximum atomic E-state index is 13.6. The number of hydrogen-bond acceptors (Lipinski definition) is 3. The molecule has 2 unspecified atom stereocenters. The zero-order valence-corrected chi connectivity index (χ0v) is 15.7. The number of piperidine rings is 1. The van der Waals surface area contributed by atoms with Crippen molar-refractivity contribution in [2.24, 2.45) is 0 Å². The van der Waals surface area contributed by atoms with Crippen molar-refractivity contribution in [3.8, 4) is 5.75 Å². The van der Waals surface area contributed by atoms with Crippen LogP contribution >= 0.6 is 11.6 Å². The molecule has 1 fully saturated rings. The van der Waals surface area contributed by atoms with Gasteiger partial charge in [0.1, 0.15) is 5.75 Å². The van der Waals surface area contributed by atoms with Crippen molar-refractivity contribution in [3.63, 3.8) is 0 Å². The number of carbonyl (C=O) groups excluding carboxylic acids is 1. The van der Waals surface area contributed by atoms with Crippen LogP contribution in [0.5, 0.6) is 5.75 Å². The van der Waals surface area contributed by atoms with Gasteiger partial charge in [-0.1, -0.05) is 17.7 Å². The van der Waals surface area contributed by atoms with Gasteiger partial charge in [0.05, 0.1) is 13.5 Å². The van der Waals surface area contributed by atoms with Crippen LogP contribution in [0.4, 0.5) is 8.78 Å². The predicted octanol–water partition coefficient (Wildman–Crippen LogP) is 3.43. The van der Waals surface area contributed by atoms with Crippen LogP contribution in [0.25, 0.3) is 0 Å². The van der Waals surface area contributed by atoms with Gasteiger partial charge in [-0.15, -0.1) is 0 Å². The van der Waals surface area contributed by atoms with Crippen molar-refractivity contribution in [2.75, 3.05) is 20.2 Å². The molecule has 0 spiro atoms. The molecule has 1 saturated heterocycles. The van der Waals surface area contributed by atoms with Gasteiger partial charge in [-0.2, -0.15) is 0 Å². The highest BCUT2D eigenvalue weighted by Gasteiger charge is 2.28. The molecular weight excluding hydrogens is 374 g/mol. The minimum atomic E-state index is -0.875. The Bertz CT molecular complexity index is 832. The van der Waals surface area contributed by atoms with Crippen LogP contribution in [0.1, 0.15) is 23.5 Å². The number of amides is 1. The fourth-order valence-electron chi connectivity index (χ4n) is 3.47. The minimum Gasteiger partial charge on any atom is -0.496 e. The van der Waals surface area contributed by atoms with Crippen molar-refractivity contribution < 1.29 is 18.3 Å². The first kappa shape index (κ1) is 19.6. The van der Waals surface area contributed by atoms with E-state index < -0.39 is 11.6 Å². The topological polar surface area (TPSA) is 50.4 Å². The Balaban J connectivity index is 1.73. The van der Waals surface area contributed by atoms with Crippen LogP contribution < -0.4 is 15.4 Å². The van der Waals surface area contributed by atoms with Gasteiger partial charge >= 0.3 is 0 Å². The van der Waals surface area contributed by atoms with Gasteiger partial charge in [-0.3, -0.25) is 4.79 Å². The van der Waals surface area contributed by atoms with Crippen molar-refractivity contribution in [1.29, 1.82) is 0 Å². The molecule has 27 heavy (non-hydrogen) atoms. The van der Waals surface area contributed by atoms with Crippen molar-refractivity contribution in [1.82, 2.24) is 10.6 Å². The maximum absolute atomic E-state index is 13.6. The summed E-state index contributed by atoms with van der Waals surface area (Å²) in [6.45, 7) is 1.31. The first-order chi connectivity index (χ1) is 13.0. The summed E-state index contributed by atoms with van der Waals surface area (Å²) in [6.07, 6.45) is 0.835. The zero-order chi connectivity index (χ0) is 19.4. The lowest BCUT2D eigenvalue weighted by atomic mass is 9.86. The summed E-state index contributed by atoms with van der Waals surface area (Å²) in [5.41, 5.74) is 1.37. The molecule has 0 aliphatic carbocycles. The number of benzene rings is 2. The Labute approximate surface area is 161 Å². The molecule has 1 aliphatic rings. The summed E-state index contributed by atoms with van der Waals surface area (Å²) in [5.74, 6) is -1.43. The number of nitrogens with one attached hydrogen (secondary N) is 2. The molecule has 2 N–H and O–H groups in total. The summed E-state index contributed by atoms with van der Waals surface area (Å²) >= 11 is 6.02. The Kier molecular flexibility index (Phi) is 6.29. The fourth-order valence-corrected chi connectivity index (χ4v) is 3.66. The van der Waals surface area contributed by atoms with Gasteiger partial charge in [-0.25, -0.2) is 8.78 Å². The zero-order valence-electron chi connectivity index (χ0n) is 14.9. The highest BCUT2D eigenvalue weighted by Crippen LogP contribution is 2.28. The SMILES string of the molecule is COc1ccc(Cl)cc1CC(=O)NC1CNCCC1c1ccc(F)c(F)c1. The summed E-state index contributed by atoms with van der Waals surface area (Å²) in [5, 5.41) is 6.76. The lowest BCUT2D eigenvalue weighted by Gasteiger charge is -2.33. The summed E-state index contributed by atoms with van der Waals surface area (Å²) in [4.78, 5) is 12.6. The third-order valence-electron chi connectivity index (χ3n) is 4.79. The lowest BCUT2D eigenvalue weighted by Crippen LogP contribution is -2.50. The normalized spacial score (nSPS) is 19.6. The quantitative estimate of drug-likeness (QED) is 0.816. The monoisotopic (exact) mass is 394 g/mol. The second-order valence-electron chi connectivity index (χ2n) is 6.58.